The van der Waals surface area contributed by atoms with Crippen LogP contribution in [0.3, 0.4) is 0 Å². The summed E-state index contributed by atoms with van der Waals surface area (Å²) in [6, 6.07) is 12.2. The van der Waals surface area contributed by atoms with Gasteiger partial charge in [-0.3, -0.25) is 4.79 Å². The number of ketones is 1. The molecule has 0 aliphatic heterocycles. The molecule has 5 nitrogen and oxygen atoms in total. The topological polar surface area (TPSA) is 57.5 Å². The van der Waals surface area contributed by atoms with Gasteiger partial charge in [-0.1, -0.05) is 30.3 Å². The zero-order chi connectivity index (χ0) is 15.2. The zero-order valence-corrected chi connectivity index (χ0v) is 11.8. The number of carbonyl (C=O) groups is 2. The van der Waals surface area contributed by atoms with Gasteiger partial charge in [0.15, 0.2) is 5.70 Å². The van der Waals surface area contributed by atoms with Gasteiger partial charge in [-0.25, -0.2) is 4.79 Å². The number of rotatable bonds is 5. The van der Waals surface area contributed by atoms with Crippen LogP contribution in [0.5, 0.6) is 0 Å². The van der Waals surface area contributed by atoms with Gasteiger partial charge in [0, 0.05) is 11.8 Å². The molecule has 21 heavy (non-hydrogen) atoms. The molecular weight excluding hydrogens is 270 g/mol. The first-order valence-electron chi connectivity index (χ1n) is 6.27. The molecule has 0 aliphatic rings. The number of hydrogen-bond donors (Lipinski definition) is 0. The molecule has 0 aliphatic carbocycles. The second-order valence-corrected chi connectivity index (χ2v) is 4.19. The van der Waals surface area contributed by atoms with Crippen LogP contribution in [0.25, 0.3) is 5.70 Å². The molecule has 5 heteroatoms. The SMILES string of the molecule is CO/C=C(\C(=O)OC)n1cccc1C(=O)c1ccccc1. The molecule has 0 saturated heterocycles. The number of aromatic nitrogens is 1. The van der Waals surface area contributed by atoms with Gasteiger partial charge in [-0.05, 0) is 12.1 Å². The minimum Gasteiger partial charge on any atom is -0.502 e. The molecule has 2 rings (SSSR count). The molecule has 108 valence electrons. The van der Waals surface area contributed by atoms with Gasteiger partial charge in [0.25, 0.3) is 0 Å². The maximum atomic E-state index is 12.5. The van der Waals surface area contributed by atoms with Crippen molar-refractivity contribution in [2.75, 3.05) is 14.2 Å². The third-order valence-electron chi connectivity index (χ3n) is 2.90. The second kappa shape index (κ2) is 6.56. The Labute approximate surface area is 122 Å². The van der Waals surface area contributed by atoms with E-state index in [9.17, 15) is 9.59 Å². The molecule has 2 aromatic rings. The van der Waals surface area contributed by atoms with E-state index in [0.717, 1.165) is 0 Å². The van der Waals surface area contributed by atoms with E-state index in [-0.39, 0.29) is 11.5 Å². The second-order valence-electron chi connectivity index (χ2n) is 4.19. The highest BCUT2D eigenvalue weighted by Crippen LogP contribution is 2.16. The van der Waals surface area contributed by atoms with Crippen LogP contribution in [-0.4, -0.2) is 30.5 Å². The molecule has 1 aromatic carbocycles. The maximum Gasteiger partial charge on any atom is 0.358 e. The van der Waals surface area contributed by atoms with Gasteiger partial charge in [0.05, 0.1) is 19.9 Å². The molecule has 0 atom stereocenters. The Kier molecular flexibility index (Phi) is 4.56. The van der Waals surface area contributed by atoms with Crippen molar-refractivity contribution in [2.45, 2.75) is 0 Å². The van der Waals surface area contributed by atoms with Crippen molar-refractivity contribution in [1.82, 2.24) is 4.57 Å². The standard InChI is InChI=1S/C16H15NO4/c1-20-11-14(16(19)21-2)17-10-6-9-13(17)15(18)12-7-4-3-5-8-12/h3-11H,1-2H3/b14-11+. The molecule has 0 radical (unpaired) electrons. The highest BCUT2D eigenvalue weighted by Gasteiger charge is 2.20. The largest absolute Gasteiger partial charge is 0.502 e. The van der Waals surface area contributed by atoms with Gasteiger partial charge in [0.1, 0.15) is 6.26 Å². The highest BCUT2D eigenvalue weighted by atomic mass is 16.5. The lowest BCUT2D eigenvalue weighted by molar-refractivity contribution is -0.134. The molecule has 0 unspecified atom stereocenters. The Morgan fingerprint density at radius 2 is 1.76 bits per heavy atom. The summed E-state index contributed by atoms with van der Waals surface area (Å²) in [6.45, 7) is 0. The summed E-state index contributed by atoms with van der Waals surface area (Å²) in [5, 5.41) is 0. The zero-order valence-electron chi connectivity index (χ0n) is 11.8. The van der Waals surface area contributed by atoms with Crippen LogP contribution in [0.15, 0.2) is 54.9 Å². The predicted molar refractivity (Wildman–Crippen MR) is 77.6 cm³/mol. The lowest BCUT2D eigenvalue weighted by Crippen LogP contribution is -2.15. The summed E-state index contributed by atoms with van der Waals surface area (Å²) in [7, 11) is 2.69. The Bertz CT molecular complexity index is 671. The van der Waals surface area contributed by atoms with Crippen molar-refractivity contribution in [3.8, 4) is 0 Å². The average Bonchev–Trinajstić information content (AvgIpc) is 3.01. The summed E-state index contributed by atoms with van der Waals surface area (Å²) in [6.07, 6.45) is 2.85. The van der Waals surface area contributed by atoms with Crippen LogP contribution in [0.4, 0.5) is 0 Å². The fourth-order valence-corrected chi connectivity index (χ4v) is 1.93. The van der Waals surface area contributed by atoms with Crippen molar-refractivity contribution in [3.63, 3.8) is 0 Å². The minimum absolute atomic E-state index is 0.129. The summed E-state index contributed by atoms with van der Waals surface area (Å²) >= 11 is 0. The number of esters is 1. The highest BCUT2D eigenvalue weighted by molar-refractivity contribution is 6.14. The molecule has 1 aromatic heterocycles. The van der Waals surface area contributed by atoms with E-state index >= 15 is 0 Å². The van der Waals surface area contributed by atoms with Gasteiger partial charge in [-0.2, -0.15) is 0 Å². The van der Waals surface area contributed by atoms with Crippen LogP contribution >= 0.6 is 0 Å². The average molecular weight is 285 g/mol. The Balaban J connectivity index is 2.45. The third kappa shape index (κ3) is 3.02. The van der Waals surface area contributed by atoms with Gasteiger partial charge >= 0.3 is 5.97 Å². The molecule has 0 saturated carbocycles. The number of carbonyl (C=O) groups excluding carboxylic acids is 2. The van der Waals surface area contributed by atoms with Crippen molar-refractivity contribution in [3.05, 3.63) is 66.2 Å². The minimum atomic E-state index is -0.588. The van der Waals surface area contributed by atoms with Gasteiger partial charge in [-0.15, -0.1) is 0 Å². The van der Waals surface area contributed by atoms with Crippen molar-refractivity contribution in [1.29, 1.82) is 0 Å². The molecule has 0 fully saturated rings. The number of ether oxygens (including phenoxy) is 2. The van der Waals surface area contributed by atoms with E-state index in [1.807, 2.05) is 6.07 Å². The quantitative estimate of drug-likeness (QED) is 0.366. The van der Waals surface area contributed by atoms with Gasteiger partial charge < -0.3 is 14.0 Å². The van der Waals surface area contributed by atoms with Crippen LogP contribution in [-0.2, 0) is 14.3 Å². The fourth-order valence-electron chi connectivity index (χ4n) is 1.93. The molecule has 0 bridgehead atoms. The lowest BCUT2D eigenvalue weighted by atomic mass is 10.1. The third-order valence-corrected chi connectivity index (χ3v) is 2.90. The number of nitrogens with zero attached hydrogens (tertiary/aromatic N) is 1. The predicted octanol–water partition coefficient (Wildman–Crippen LogP) is 2.34. The normalized spacial score (nSPS) is 11.0. The first kappa shape index (κ1) is 14.6. The van der Waals surface area contributed by atoms with Crippen molar-refractivity contribution >= 4 is 17.4 Å². The summed E-state index contributed by atoms with van der Waals surface area (Å²) in [5.74, 6) is -0.776. The van der Waals surface area contributed by atoms with E-state index < -0.39 is 5.97 Å². The van der Waals surface area contributed by atoms with Crippen LogP contribution in [0.2, 0.25) is 0 Å². The van der Waals surface area contributed by atoms with E-state index in [1.165, 1.54) is 25.0 Å². The van der Waals surface area contributed by atoms with E-state index in [2.05, 4.69) is 0 Å². The van der Waals surface area contributed by atoms with Crippen molar-refractivity contribution in [2.24, 2.45) is 0 Å². The van der Waals surface area contributed by atoms with Gasteiger partial charge in [0.2, 0.25) is 5.78 Å². The molecular formula is C16H15NO4. The Hall–Kier alpha value is -2.82. The summed E-state index contributed by atoms with van der Waals surface area (Å²) in [5.41, 5.74) is 1.03. The molecule has 0 spiro atoms. The lowest BCUT2D eigenvalue weighted by Gasteiger charge is -2.10. The molecule has 1 heterocycles. The smallest absolute Gasteiger partial charge is 0.358 e. The van der Waals surface area contributed by atoms with E-state index in [0.29, 0.717) is 11.3 Å². The summed E-state index contributed by atoms with van der Waals surface area (Å²) in [4.78, 5) is 24.3. The molecule has 0 amide bonds. The summed E-state index contributed by atoms with van der Waals surface area (Å²) < 4.78 is 11.1. The fraction of sp³-hybridized carbons (Fsp3) is 0.125. The van der Waals surface area contributed by atoms with Crippen LogP contribution in [0.1, 0.15) is 16.1 Å². The maximum absolute atomic E-state index is 12.5. The number of hydrogen-bond acceptors (Lipinski definition) is 4. The monoisotopic (exact) mass is 285 g/mol. The van der Waals surface area contributed by atoms with Crippen LogP contribution in [0, 0.1) is 0 Å². The van der Waals surface area contributed by atoms with E-state index in [1.54, 1.807) is 42.6 Å². The van der Waals surface area contributed by atoms with Crippen LogP contribution < -0.4 is 0 Å². The van der Waals surface area contributed by atoms with E-state index in [4.69, 9.17) is 9.47 Å². The Morgan fingerprint density at radius 3 is 2.38 bits per heavy atom. The Morgan fingerprint density at radius 1 is 1.05 bits per heavy atom. The first-order valence-corrected chi connectivity index (χ1v) is 6.27. The molecule has 0 N–H and O–H groups in total. The van der Waals surface area contributed by atoms with Crippen molar-refractivity contribution < 1.29 is 19.1 Å². The number of benzene rings is 1. The first-order chi connectivity index (χ1) is 10.2. The number of methoxy groups -OCH3 is 2.